The van der Waals surface area contributed by atoms with Crippen LogP contribution in [0.4, 0.5) is 26.2 Å². The zero-order valence-corrected chi connectivity index (χ0v) is 20.0. The molecular formula is C26H30F2N6. The van der Waals surface area contributed by atoms with Crippen LogP contribution in [0.3, 0.4) is 0 Å². The number of aromatic nitrogens is 3. The molecule has 2 aliphatic rings. The maximum atomic E-state index is 15.3. The third kappa shape index (κ3) is 4.34. The molecule has 6 nitrogen and oxygen atoms in total. The Morgan fingerprint density at radius 2 is 1.94 bits per heavy atom. The van der Waals surface area contributed by atoms with E-state index in [0.717, 1.165) is 43.6 Å². The van der Waals surface area contributed by atoms with E-state index in [-0.39, 0.29) is 28.9 Å². The molecular weight excluding hydrogens is 434 g/mol. The zero-order chi connectivity index (χ0) is 24.0. The highest BCUT2D eigenvalue weighted by Crippen LogP contribution is 2.41. The molecule has 4 heterocycles. The topological polar surface area (TPSA) is 66.0 Å². The maximum Gasteiger partial charge on any atom is 0.229 e. The summed E-state index contributed by atoms with van der Waals surface area (Å²) in [5.74, 6) is -0.106. The van der Waals surface area contributed by atoms with Gasteiger partial charge in [-0.05, 0) is 49.4 Å². The monoisotopic (exact) mass is 464 g/mol. The fourth-order valence-electron chi connectivity index (χ4n) is 4.88. The quantitative estimate of drug-likeness (QED) is 0.566. The predicted molar refractivity (Wildman–Crippen MR) is 130 cm³/mol. The van der Waals surface area contributed by atoms with Gasteiger partial charge in [0.25, 0.3) is 0 Å². The Hall–Kier alpha value is -3.13. The minimum Gasteiger partial charge on any atom is -0.368 e. The summed E-state index contributed by atoms with van der Waals surface area (Å²) in [6.07, 6.45) is 2.60. The van der Waals surface area contributed by atoms with Gasteiger partial charge < -0.3 is 15.5 Å². The predicted octanol–water partition coefficient (Wildman–Crippen LogP) is 5.00. The number of anilines is 3. The van der Waals surface area contributed by atoms with E-state index in [4.69, 9.17) is 0 Å². The molecule has 1 aromatic carbocycles. The second-order valence-electron chi connectivity index (χ2n) is 10.3. The number of nitrogens with zero attached hydrogens (tertiary/aromatic N) is 4. The smallest absolute Gasteiger partial charge is 0.229 e. The van der Waals surface area contributed by atoms with Crippen molar-refractivity contribution >= 4 is 17.5 Å². The molecule has 0 radical (unpaired) electrons. The largest absolute Gasteiger partial charge is 0.368 e. The molecule has 0 amide bonds. The fourth-order valence-corrected chi connectivity index (χ4v) is 4.88. The van der Waals surface area contributed by atoms with Crippen molar-refractivity contribution in [3.8, 4) is 11.3 Å². The molecule has 0 atom stereocenters. The lowest BCUT2D eigenvalue weighted by Gasteiger charge is -2.43. The molecule has 3 aromatic rings. The highest BCUT2D eigenvalue weighted by Gasteiger charge is 2.34. The Labute approximate surface area is 198 Å². The Morgan fingerprint density at radius 3 is 2.74 bits per heavy atom. The van der Waals surface area contributed by atoms with Crippen LogP contribution in [0.2, 0.25) is 0 Å². The van der Waals surface area contributed by atoms with Crippen LogP contribution in [-0.4, -0.2) is 34.1 Å². The van der Waals surface area contributed by atoms with Gasteiger partial charge in [0.15, 0.2) is 5.82 Å². The summed E-state index contributed by atoms with van der Waals surface area (Å²) >= 11 is 0. The van der Waals surface area contributed by atoms with E-state index in [9.17, 15) is 4.39 Å². The number of pyridine rings is 1. The minimum absolute atomic E-state index is 0.0468. The van der Waals surface area contributed by atoms with Gasteiger partial charge in [-0.1, -0.05) is 19.9 Å². The third-order valence-corrected chi connectivity index (χ3v) is 6.54. The van der Waals surface area contributed by atoms with Gasteiger partial charge >= 0.3 is 0 Å². The summed E-state index contributed by atoms with van der Waals surface area (Å²) in [4.78, 5) is 15.3. The molecule has 0 fully saturated rings. The average Bonchev–Trinajstić information content (AvgIpc) is 2.80. The van der Waals surface area contributed by atoms with E-state index < -0.39 is 5.82 Å². The van der Waals surface area contributed by atoms with Crippen molar-refractivity contribution in [2.75, 3.05) is 23.3 Å². The van der Waals surface area contributed by atoms with E-state index in [1.807, 2.05) is 18.2 Å². The van der Waals surface area contributed by atoms with Crippen molar-refractivity contribution in [2.24, 2.45) is 5.41 Å². The lowest BCUT2D eigenvalue weighted by molar-refractivity contribution is 0.332. The normalized spacial score (nSPS) is 16.9. The van der Waals surface area contributed by atoms with Gasteiger partial charge in [-0.2, -0.15) is 0 Å². The molecule has 0 saturated heterocycles. The number of hydrogen-bond donors (Lipinski definition) is 2. The number of hydrogen-bond acceptors (Lipinski definition) is 6. The summed E-state index contributed by atoms with van der Waals surface area (Å²) in [5, 5.41) is 6.40. The number of fused-ring (bicyclic) bond motifs is 2. The van der Waals surface area contributed by atoms with Crippen molar-refractivity contribution in [3.05, 3.63) is 58.9 Å². The Morgan fingerprint density at radius 1 is 1.12 bits per heavy atom. The number of benzene rings is 1. The molecule has 0 bridgehead atoms. The molecule has 0 unspecified atom stereocenters. The first kappa shape index (κ1) is 22.7. The number of rotatable bonds is 4. The molecule has 34 heavy (non-hydrogen) atoms. The van der Waals surface area contributed by atoms with Gasteiger partial charge in [-0.15, -0.1) is 0 Å². The summed E-state index contributed by atoms with van der Waals surface area (Å²) < 4.78 is 30.2. The van der Waals surface area contributed by atoms with Crippen LogP contribution in [0.25, 0.3) is 11.3 Å². The Balaban J connectivity index is 1.51. The van der Waals surface area contributed by atoms with Crippen molar-refractivity contribution in [3.63, 3.8) is 0 Å². The van der Waals surface area contributed by atoms with Gasteiger partial charge in [-0.25, -0.2) is 23.7 Å². The van der Waals surface area contributed by atoms with E-state index in [0.29, 0.717) is 23.4 Å². The van der Waals surface area contributed by atoms with Gasteiger partial charge in [0, 0.05) is 54.6 Å². The van der Waals surface area contributed by atoms with Crippen LogP contribution in [-0.2, 0) is 19.4 Å². The molecule has 8 heteroatoms. The molecule has 2 aliphatic heterocycles. The van der Waals surface area contributed by atoms with Crippen molar-refractivity contribution in [1.29, 1.82) is 0 Å². The van der Waals surface area contributed by atoms with E-state index in [1.54, 1.807) is 0 Å². The van der Waals surface area contributed by atoms with Crippen molar-refractivity contribution in [1.82, 2.24) is 20.3 Å². The van der Waals surface area contributed by atoms with E-state index >= 15 is 4.39 Å². The van der Waals surface area contributed by atoms with Crippen LogP contribution in [0.1, 0.15) is 44.5 Å². The summed E-state index contributed by atoms with van der Waals surface area (Å²) in [6.45, 7) is 11.0. The first-order valence-electron chi connectivity index (χ1n) is 11.8. The Bertz CT molecular complexity index is 1240. The van der Waals surface area contributed by atoms with Gasteiger partial charge in [0.05, 0.1) is 6.20 Å². The average molecular weight is 465 g/mol. The number of halogens is 2. The lowest BCUT2D eigenvalue weighted by Crippen LogP contribution is -2.44. The molecule has 5 rings (SSSR count). The van der Waals surface area contributed by atoms with Gasteiger partial charge in [-0.3, -0.25) is 0 Å². The van der Waals surface area contributed by atoms with Crippen LogP contribution in [0, 0.1) is 17.0 Å². The van der Waals surface area contributed by atoms with Crippen LogP contribution >= 0.6 is 0 Å². The first-order valence-corrected chi connectivity index (χ1v) is 11.8. The second kappa shape index (κ2) is 8.58. The highest BCUT2D eigenvalue weighted by molar-refractivity contribution is 5.71. The second-order valence-corrected chi connectivity index (χ2v) is 10.3. The van der Waals surface area contributed by atoms with Crippen LogP contribution in [0.15, 0.2) is 30.5 Å². The molecule has 0 aliphatic carbocycles. The molecule has 0 saturated carbocycles. The molecule has 0 spiro atoms. The summed E-state index contributed by atoms with van der Waals surface area (Å²) in [6, 6.07) is 7.30. The highest BCUT2D eigenvalue weighted by atomic mass is 19.1. The first-order chi connectivity index (χ1) is 16.2. The molecule has 2 N–H and O–H groups in total. The van der Waals surface area contributed by atoms with Crippen molar-refractivity contribution < 1.29 is 8.78 Å². The van der Waals surface area contributed by atoms with Gasteiger partial charge in [0.2, 0.25) is 5.95 Å². The van der Waals surface area contributed by atoms with Gasteiger partial charge in [0.1, 0.15) is 17.3 Å². The van der Waals surface area contributed by atoms with Crippen LogP contribution < -0.4 is 15.5 Å². The maximum absolute atomic E-state index is 15.3. The fraction of sp³-hybridized carbons (Fsp3) is 0.423. The van der Waals surface area contributed by atoms with Crippen LogP contribution in [0.5, 0.6) is 0 Å². The third-order valence-electron chi connectivity index (χ3n) is 6.54. The molecule has 2 aromatic heterocycles. The lowest BCUT2D eigenvalue weighted by atomic mass is 9.80. The van der Waals surface area contributed by atoms with E-state index in [2.05, 4.69) is 58.2 Å². The van der Waals surface area contributed by atoms with E-state index in [1.165, 1.54) is 11.6 Å². The minimum atomic E-state index is -0.596. The zero-order valence-electron chi connectivity index (χ0n) is 20.0. The SMILES string of the molecule is CC(C)N1CC(C)(C)Cc2c(F)cc(-c3nc(Nc4ccc5c(n4)CCNC5)ncc3F)cc21. The Kier molecular flexibility index (Phi) is 5.72. The number of nitrogens with one attached hydrogen (secondary N) is 2. The summed E-state index contributed by atoms with van der Waals surface area (Å²) in [5.41, 5.74) is 4.09. The molecule has 178 valence electrons. The standard InChI is InChI=1S/C26H30F2N6/c1-15(2)34-14-26(3,4)11-18-19(27)9-17(10-22(18)34)24-20(28)13-30-25(33-24)32-23-6-5-16-12-29-8-7-21(16)31-23/h5-6,9-10,13,15,29H,7-8,11-12,14H2,1-4H3,(H,30,31,32,33). The summed E-state index contributed by atoms with van der Waals surface area (Å²) in [7, 11) is 0. The van der Waals surface area contributed by atoms with Crippen molar-refractivity contribution in [2.45, 2.75) is 53.1 Å².